The molecule has 4 nitrogen and oxygen atoms in total. The Balaban J connectivity index is 2.59. The van der Waals surface area contributed by atoms with Gasteiger partial charge in [0.05, 0.1) is 7.11 Å². The van der Waals surface area contributed by atoms with Crippen molar-refractivity contribution in [2.75, 3.05) is 12.8 Å². The minimum absolute atomic E-state index is 0.0846. The van der Waals surface area contributed by atoms with Crippen molar-refractivity contribution in [3.8, 4) is 17.0 Å². The number of imidazole rings is 1. The number of rotatable bonds is 4. The number of hydrogen-bond acceptors (Lipinski definition) is 3. The Labute approximate surface area is 127 Å². The SMILES string of the molecule is CCCc1nc(-c2cccc(OC)c2)c(N)n1C(C)(C)C. The fourth-order valence-corrected chi connectivity index (χ4v) is 2.60. The van der Waals surface area contributed by atoms with E-state index in [0.29, 0.717) is 0 Å². The summed E-state index contributed by atoms with van der Waals surface area (Å²) in [7, 11) is 1.67. The first kappa shape index (κ1) is 15.4. The number of nitrogens with two attached hydrogens (primary N) is 1. The van der Waals surface area contributed by atoms with Crippen LogP contribution >= 0.6 is 0 Å². The van der Waals surface area contributed by atoms with Gasteiger partial charge in [0.25, 0.3) is 0 Å². The van der Waals surface area contributed by atoms with Gasteiger partial charge in [-0.3, -0.25) is 0 Å². The maximum absolute atomic E-state index is 6.40. The smallest absolute Gasteiger partial charge is 0.132 e. The van der Waals surface area contributed by atoms with Gasteiger partial charge in [-0.25, -0.2) is 4.98 Å². The lowest BCUT2D eigenvalue weighted by Crippen LogP contribution is -2.25. The summed E-state index contributed by atoms with van der Waals surface area (Å²) >= 11 is 0. The molecule has 0 radical (unpaired) electrons. The first-order valence-corrected chi connectivity index (χ1v) is 7.40. The Morgan fingerprint density at radius 1 is 1.29 bits per heavy atom. The Kier molecular flexibility index (Phi) is 4.26. The van der Waals surface area contributed by atoms with E-state index in [1.807, 2.05) is 24.3 Å². The van der Waals surface area contributed by atoms with E-state index in [9.17, 15) is 0 Å². The standard InChI is InChI=1S/C17H25N3O/c1-6-8-14-19-15(16(18)20(14)17(2,3)4)12-9-7-10-13(11-12)21-5/h7,9-11H,6,8,18H2,1-5H3. The van der Waals surface area contributed by atoms with Crippen LogP contribution in [0.1, 0.15) is 39.9 Å². The van der Waals surface area contributed by atoms with Gasteiger partial charge in [0.1, 0.15) is 23.1 Å². The molecule has 114 valence electrons. The lowest BCUT2D eigenvalue weighted by molar-refractivity contribution is 0.387. The van der Waals surface area contributed by atoms with Gasteiger partial charge in [-0.05, 0) is 39.3 Å². The molecule has 0 fully saturated rings. The van der Waals surface area contributed by atoms with Gasteiger partial charge < -0.3 is 15.0 Å². The van der Waals surface area contributed by atoms with E-state index in [4.69, 9.17) is 15.5 Å². The van der Waals surface area contributed by atoms with E-state index in [2.05, 4.69) is 32.3 Å². The number of ether oxygens (including phenoxy) is 1. The first-order chi connectivity index (χ1) is 9.88. The highest BCUT2D eigenvalue weighted by atomic mass is 16.5. The van der Waals surface area contributed by atoms with Gasteiger partial charge in [-0.15, -0.1) is 0 Å². The highest BCUT2D eigenvalue weighted by Crippen LogP contribution is 2.33. The van der Waals surface area contributed by atoms with Crippen LogP contribution in [0.4, 0.5) is 5.82 Å². The van der Waals surface area contributed by atoms with Gasteiger partial charge in [0, 0.05) is 17.5 Å². The number of hydrogen-bond donors (Lipinski definition) is 1. The van der Waals surface area contributed by atoms with Crippen LogP contribution in [0.25, 0.3) is 11.3 Å². The molecule has 1 aromatic carbocycles. The van der Waals surface area contributed by atoms with E-state index in [-0.39, 0.29) is 5.54 Å². The van der Waals surface area contributed by atoms with Crippen LogP contribution in [0.2, 0.25) is 0 Å². The predicted molar refractivity (Wildman–Crippen MR) is 87.6 cm³/mol. The summed E-state index contributed by atoms with van der Waals surface area (Å²) in [6, 6.07) is 7.88. The largest absolute Gasteiger partial charge is 0.497 e. The van der Waals surface area contributed by atoms with Crippen LogP contribution in [0.15, 0.2) is 24.3 Å². The molecule has 0 spiro atoms. The molecular weight excluding hydrogens is 262 g/mol. The third-order valence-electron chi connectivity index (χ3n) is 3.47. The Morgan fingerprint density at radius 2 is 2.00 bits per heavy atom. The van der Waals surface area contributed by atoms with E-state index in [1.165, 1.54) is 0 Å². The van der Waals surface area contributed by atoms with Gasteiger partial charge in [0.2, 0.25) is 0 Å². The molecule has 0 saturated heterocycles. The number of aromatic nitrogens is 2. The lowest BCUT2D eigenvalue weighted by atomic mass is 10.1. The maximum Gasteiger partial charge on any atom is 0.132 e. The van der Waals surface area contributed by atoms with Crippen molar-refractivity contribution in [3.63, 3.8) is 0 Å². The average Bonchev–Trinajstić information content (AvgIpc) is 2.76. The lowest BCUT2D eigenvalue weighted by Gasteiger charge is -2.25. The highest BCUT2D eigenvalue weighted by Gasteiger charge is 2.24. The summed E-state index contributed by atoms with van der Waals surface area (Å²) in [6.45, 7) is 8.61. The topological polar surface area (TPSA) is 53.1 Å². The van der Waals surface area contributed by atoms with Crippen LogP contribution in [-0.2, 0) is 12.0 Å². The Morgan fingerprint density at radius 3 is 2.57 bits per heavy atom. The molecule has 21 heavy (non-hydrogen) atoms. The van der Waals surface area contributed by atoms with Gasteiger partial charge in [0.15, 0.2) is 0 Å². The molecule has 0 unspecified atom stereocenters. The maximum atomic E-state index is 6.40. The van der Waals surface area contributed by atoms with E-state index < -0.39 is 0 Å². The van der Waals surface area contributed by atoms with Crippen LogP contribution < -0.4 is 10.5 Å². The number of methoxy groups -OCH3 is 1. The molecule has 0 bridgehead atoms. The molecular formula is C17H25N3O. The van der Waals surface area contributed by atoms with Crippen LogP contribution in [0, 0.1) is 0 Å². The summed E-state index contributed by atoms with van der Waals surface area (Å²) < 4.78 is 7.44. The number of nitrogens with zero attached hydrogens (tertiary/aromatic N) is 2. The zero-order valence-corrected chi connectivity index (χ0v) is 13.6. The van der Waals surface area contributed by atoms with Gasteiger partial charge in [-0.1, -0.05) is 19.1 Å². The van der Waals surface area contributed by atoms with Crippen LogP contribution in [0.3, 0.4) is 0 Å². The number of nitrogen functional groups attached to an aromatic ring is 1. The van der Waals surface area contributed by atoms with Crippen molar-refractivity contribution >= 4 is 5.82 Å². The molecule has 0 atom stereocenters. The minimum Gasteiger partial charge on any atom is -0.497 e. The summed E-state index contributed by atoms with van der Waals surface area (Å²) in [4.78, 5) is 4.79. The molecule has 1 aromatic heterocycles. The van der Waals surface area contributed by atoms with Crippen molar-refractivity contribution in [3.05, 3.63) is 30.1 Å². The zero-order valence-electron chi connectivity index (χ0n) is 13.6. The second-order valence-electron chi connectivity index (χ2n) is 6.25. The van der Waals surface area contributed by atoms with E-state index >= 15 is 0 Å². The van der Waals surface area contributed by atoms with Gasteiger partial charge >= 0.3 is 0 Å². The number of anilines is 1. The molecule has 0 aliphatic heterocycles. The quantitative estimate of drug-likeness (QED) is 0.929. The third kappa shape index (κ3) is 3.04. The zero-order chi connectivity index (χ0) is 15.6. The summed E-state index contributed by atoms with van der Waals surface area (Å²) in [5.41, 5.74) is 8.15. The normalized spacial score (nSPS) is 11.7. The molecule has 4 heteroatoms. The second kappa shape index (κ2) is 5.80. The fourth-order valence-electron chi connectivity index (χ4n) is 2.60. The van der Waals surface area contributed by atoms with Crippen LogP contribution in [0.5, 0.6) is 5.75 Å². The molecule has 0 saturated carbocycles. The monoisotopic (exact) mass is 287 g/mol. The Hall–Kier alpha value is -1.97. The minimum atomic E-state index is -0.0846. The summed E-state index contributed by atoms with van der Waals surface area (Å²) in [6.07, 6.45) is 1.97. The van der Waals surface area contributed by atoms with E-state index in [0.717, 1.165) is 41.5 Å². The molecule has 0 aliphatic rings. The fraction of sp³-hybridized carbons (Fsp3) is 0.471. The number of aryl methyl sites for hydroxylation is 1. The van der Waals surface area contributed by atoms with E-state index in [1.54, 1.807) is 7.11 Å². The van der Waals surface area contributed by atoms with Crippen LogP contribution in [-0.4, -0.2) is 16.7 Å². The molecule has 2 rings (SSSR count). The van der Waals surface area contributed by atoms with Gasteiger partial charge in [-0.2, -0.15) is 0 Å². The third-order valence-corrected chi connectivity index (χ3v) is 3.47. The predicted octanol–water partition coefficient (Wildman–Crippen LogP) is 3.85. The first-order valence-electron chi connectivity index (χ1n) is 7.40. The van der Waals surface area contributed by atoms with Crippen molar-refractivity contribution < 1.29 is 4.74 Å². The highest BCUT2D eigenvalue weighted by molar-refractivity contribution is 5.72. The van der Waals surface area contributed by atoms with Crippen molar-refractivity contribution in [1.82, 2.24) is 9.55 Å². The molecule has 1 heterocycles. The van der Waals surface area contributed by atoms with Crippen molar-refractivity contribution in [2.24, 2.45) is 0 Å². The molecule has 0 amide bonds. The molecule has 0 aliphatic carbocycles. The summed E-state index contributed by atoms with van der Waals surface area (Å²) in [5.74, 6) is 2.58. The van der Waals surface area contributed by atoms with Crippen molar-refractivity contribution in [1.29, 1.82) is 0 Å². The second-order valence-corrected chi connectivity index (χ2v) is 6.25. The number of benzene rings is 1. The molecule has 2 aromatic rings. The van der Waals surface area contributed by atoms with Crippen molar-refractivity contribution in [2.45, 2.75) is 46.1 Å². The molecule has 2 N–H and O–H groups in total. The summed E-state index contributed by atoms with van der Waals surface area (Å²) in [5, 5.41) is 0. The Bertz CT molecular complexity index is 623. The average molecular weight is 287 g/mol.